The van der Waals surface area contributed by atoms with E-state index in [1.165, 1.54) is 19.2 Å². The molecule has 0 unspecified atom stereocenters. The zero-order valence-corrected chi connectivity index (χ0v) is 15.3. The van der Waals surface area contributed by atoms with Gasteiger partial charge in [-0.25, -0.2) is 9.07 Å². The van der Waals surface area contributed by atoms with Gasteiger partial charge in [0.2, 0.25) is 0 Å². The summed E-state index contributed by atoms with van der Waals surface area (Å²) in [5.74, 6) is 0.116. The first-order valence-electron chi connectivity index (χ1n) is 8.85. The number of aromatic nitrogens is 3. The summed E-state index contributed by atoms with van der Waals surface area (Å²) in [6.45, 7) is 1.31. The Labute approximate surface area is 161 Å². The fourth-order valence-corrected chi connectivity index (χ4v) is 3.00. The Morgan fingerprint density at radius 2 is 2.00 bits per heavy atom. The Morgan fingerprint density at radius 3 is 2.71 bits per heavy atom. The van der Waals surface area contributed by atoms with Crippen molar-refractivity contribution in [3.63, 3.8) is 0 Å². The van der Waals surface area contributed by atoms with E-state index < -0.39 is 5.82 Å². The second-order valence-corrected chi connectivity index (χ2v) is 6.50. The molecular formula is C20H19FN4O3. The van der Waals surface area contributed by atoms with Crippen LogP contribution in [0, 0.1) is 5.82 Å². The molecule has 0 aliphatic carbocycles. The zero-order valence-electron chi connectivity index (χ0n) is 15.3. The van der Waals surface area contributed by atoms with Crippen molar-refractivity contribution >= 4 is 5.91 Å². The van der Waals surface area contributed by atoms with Crippen LogP contribution in [0.2, 0.25) is 0 Å². The first-order chi connectivity index (χ1) is 13.6. The largest absolute Gasteiger partial charge is 0.494 e. The number of halogens is 1. The summed E-state index contributed by atoms with van der Waals surface area (Å²) in [5.41, 5.74) is 1.01. The average Bonchev–Trinajstić information content (AvgIpc) is 3.14. The average molecular weight is 382 g/mol. The predicted octanol–water partition coefficient (Wildman–Crippen LogP) is 2.70. The molecule has 1 aliphatic heterocycles. The Bertz CT molecular complexity index is 971. The van der Waals surface area contributed by atoms with Crippen molar-refractivity contribution in [2.75, 3.05) is 20.2 Å². The Kier molecular flexibility index (Phi) is 4.92. The van der Waals surface area contributed by atoms with E-state index in [4.69, 9.17) is 9.47 Å². The molecule has 1 saturated heterocycles. The van der Waals surface area contributed by atoms with Crippen LogP contribution >= 0.6 is 0 Å². The summed E-state index contributed by atoms with van der Waals surface area (Å²) in [6.07, 6.45) is 1.82. The van der Waals surface area contributed by atoms with Gasteiger partial charge in [0.1, 0.15) is 18.1 Å². The molecule has 0 atom stereocenters. The van der Waals surface area contributed by atoms with Crippen LogP contribution in [0.4, 0.5) is 4.39 Å². The quantitative estimate of drug-likeness (QED) is 0.656. The fourth-order valence-electron chi connectivity index (χ4n) is 3.00. The summed E-state index contributed by atoms with van der Waals surface area (Å²) >= 11 is 0. The number of amides is 1. The molecule has 0 bridgehead atoms. The van der Waals surface area contributed by atoms with E-state index in [-0.39, 0.29) is 17.7 Å². The minimum absolute atomic E-state index is 0.0463. The van der Waals surface area contributed by atoms with Crippen molar-refractivity contribution in [3.8, 4) is 11.5 Å². The molecule has 144 valence electrons. The molecule has 0 radical (unpaired) electrons. The van der Waals surface area contributed by atoms with E-state index in [2.05, 4.69) is 10.3 Å². The van der Waals surface area contributed by atoms with Crippen LogP contribution in [0.5, 0.6) is 11.5 Å². The van der Waals surface area contributed by atoms with E-state index in [1.807, 2.05) is 36.5 Å². The Morgan fingerprint density at radius 1 is 1.21 bits per heavy atom. The van der Waals surface area contributed by atoms with E-state index in [9.17, 15) is 9.18 Å². The summed E-state index contributed by atoms with van der Waals surface area (Å²) < 4.78 is 26.1. The lowest BCUT2D eigenvalue weighted by Gasteiger charge is -2.38. The molecule has 8 heteroatoms. The number of benzene rings is 2. The third kappa shape index (κ3) is 3.66. The summed E-state index contributed by atoms with van der Waals surface area (Å²) in [5, 5.41) is 8.24. The molecule has 0 spiro atoms. The molecule has 3 aromatic rings. The van der Waals surface area contributed by atoms with Gasteiger partial charge < -0.3 is 14.4 Å². The van der Waals surface area contributed by atoms with E-state index in [1.54, 1.807) is 15.6 Å². The van der Waals surface area contributed by atoms with E-state index in [0.717, 1.165) is 5.75 Å². The molecular weight excluding hydrogens is 363 g/mol. The third-order valence-electron chi connectivity index (χ3n) is 4.61. The van der Waals surface area contributed by atoms with Crippen molar-refractivity contribution in [3.05, 3.63) is 71.8 Å². The minimum Gasteiger partial charge on any atom is -0.494 e. The van der Waals surface area contributed by atoms with Gasteiger partial charge in [-0.05, 0) is 30.3 Å². The van der Waals surface area contributed by atoms with Crippen LogP contribution in [0.3, 0.4) is 0 Å². The predicted molar refractivity (Wildman–Crippen MR) is 98.7 cm³/mol. The van der Waals surface area contributed by atoms with Crippen molar-refractivity contribution in [1.82, 2.24) is 19.9 Å². The maximum Gasteiger partial charge on any atom is 0.254 e. The van der Waals surface area contributed by atoms with Gasteiger partial charge in [-0.2, -0.15) is 0 Å². The standard InChI is InChI=1S/C20H19FN4O3/c1-27-19-8-7-14(9-18(19)21)20(26)24-11-16(12-24)25-10-15(22-23-25)13-28-17-5-3-2-4-6-17/h2-10,16H,11-13H2,1H3. The van der Waals surface area contributed by atoms with E-state index in [0.29, 0.717) is 31.0 Å². The van der Waals surface area contributed by atoms with Crippen molar-refractivity contribution in [2.45, 2.75) is 12.6 Å². The van der Waals surface area contributed by atoms with Gasteiger partial charge >= 0.3 is 0 Å². The molecule has 0 N–H and O–H groups in total. The van der Waals surface area contributed by atoms with Crippen LogP contribution in [0.25, 0.3) is 0 Å². The molecule has 7 nitrogen and oxygen atoms in total. The molecule has 0 saturated carbocycles. The van der Waals surface area contributed by atoms with Gasteiger partial charge in [0.25, 0.3) is 5.91 Å². The number of rotatable bonds is 6. The van der Waals surface area contributed by atoms with Gasteiger partial charge in [0.05, 0.1) is 19.3 Å². The first-order valence-corrected chi connectivity index (χ1v) is 8.85. The van der Waals surface area contributed by atoms with Crippen LogP contribution in [-0.2, 0) is 6.61 Å². The highest BCUT2D eigenvalue weighted by molar-refractivity contribution is 5.95. The van der Waals surface area contributed by atoms with Gasteiger partial charge in [0.15, 0.2) is 11.6 Å². The van der Waals surface area contributed by atoms with Crippen molar-refractivity contribution < 1.29 is 18.7 Å². The highest BCUT2D eigenvalue weighted by atomic mass is 19.1. The second-order valence-electron chi connectivity index (χ2n) is 6.50. The summed E-state index contributed by atoms with van der Waals surface area (Å²) in [6, 6.07) is 13.7. The monoisotopic (exact) mass is 382 g/mol. The topological polar surface area (TPSA) is 69.5 Å². The normalized spacial score (nSPS) is 13.9. The lowest BCUT2D eigenvalue weighted by atomic mass is 10.1. The second kappa shape index (κ2) is 7.67. The van der Waals surface area contributed by atoms with E-state index >= 15 is 0 Å². The van der Waals surface area contributed by atoms with Gasteiger partial charge in [0, 0.05) is 18.7 Å². The number of carbonyl (C=O) groups is 1. The maximum atomic E-state index is 13.8. The molecule has 28 heavy (non-hydrogen) atoms. The maximum absolute atomic E-state index is 13.8. The number of hydrogen-bond acceptors (Lipinski definition) is 5. The number of ether oxygens (including phenoxy) is 2. The van der Waals surface area contributed by atoms with Crippen LogP contribution < -0.4 is 9.47 Å². The fraction of sp³-hybridized carbons (Fsp3) is 0.250. The minimum atomic E-state index is -0.551. The van der Waals surface area contributed by atoms with Crippen molar-refractivity contribution in [1.29, 1.82) is 0 Å². The highest BCUT2D eigenvalue weighted by Crippen LogP contribution is 2.25. The van der Waals surface area contributed by atoms with Gasteiger partial charge in [-0.15, -0.1) is 5.10 Å². The van der Waals surface area contributed by atoms with Crippen LogP contribution in [-0.4, -0.2) is 46.0 Å². The SMILES string of the molecule is COc1ccc(C(=O)N2CC(n3cc(COc4ccccc4)nn3)C2)cc1F. The lowest BCUT2D eigenvalue weighted by Crippen LogP contribution is -2.50. The summed E-state index contributed by atoms with van der Waals surface area (Å²) in [7, 11) is 1.39. The molecule has 2 heterocycles. The highest BCUT2D eigenvalue weighted by Gasteiger charge is 2.33. The number of carbonyl (C=O) groups excluding carboxylic acids is 1. The number of methoxy groups -OCH3 is 1. The molecule has 2 aromatic carbocycles. The van der Waals surface area contributed by atoms with Crippen LogP contribution in [0.15, 0.2) is 54.7 Å². The van der Waals surface area contributed by atoms with Crippen molar-refractivity contribution in [2.24, 2.45) is 0 Å². The molecule has 4 rings (SSSR count). The van der Waals surface area contributed by atoms with Crippen LogP contribution in [0.1, 0.15) is 22.1 Å². The number of likely N-dealkylation sites (tertiary alicyclic amines) is 1. The third-order valence-corrected chi connectivity index (χ3v) is 4.61. The Balaban J connectivity index is 1.32. The molecule has 1 fully saturated rings. The summed E-state index contributed by atoms with van der Waals surface area (Å²) in [4.78, 5) is 14.1. The Hall–Kier alpha value is -3.42. The van der Waals surface area contributed by atoms with Gasteiger partial charge in [-0.3, -0.25) is 4.79 Å². The number of para-hydroxylation sites is 1. The molecule has 1 amide bonds. The zero-order chi connectivity index (χ0) is 19.5. The molecule has 1 aliphatic rings. The number of hydrogen-bond donors (Lipinski definition) is 0. The lowest BCUT2D eigenvalue weighted by molar-refractivity contribution is 0.0498. The van der Waals surface area contributed by atoms with Gasteiger partial charge in [-0.1, -0.05) is 23.4 Å². The first kappa shape index (κ1) is 18.0. The molecule has 1 aromatic heterocycles. The smallest absolute Gasteiger partial charge is 0.254 e. The number of nitrogens with zero attached hydrogens (tertiary/aromatic N) is 4.